The number of anilines is 1. The first-order chi connectivity index (χ1) is 18.5. The monoisotopic (exact) mass is 507 g/mol. The molecule has 194 valence electrons. The third-order valence-electron chi connectivity index (χ3n) is 7.10. The van der Waals surface area contributed by atoms with Crippen molar-refractivity contribution in [1.82, 2.24) is 5.32 Å². The van der Waals surface area contributed by atoms with E-state index in [1.165, 1.54) is 0 Å². The van der Waals surface area contributed by atoms with Gasteiger partial charge >= 0.3 is 0 Å². The number of nitrogen functional groups attached to an aromatic ring is 1. The molecule has 0 aliphatic carbocycles. The zero-order chi connectivity index (χ0) is 26.6. The fourth-order valence-electron chi connectivity index (χ4n) is 5.10. The summed E-state index contributed by atoms with van der Waals surface area (Å²) >= 11 is 0. The number of benzene rings is 4. The van der Waals surface area contributed by atoms with Crippen molar-refractivity contribution in [3.63, 3.8) is 0 Å². The molecule has 3 N–H and O–H groups in total. The van der Waals surface area contributed by atoms with E-state index in [4.69, 9.17) is 24.9 Å². The zero-order valence-electron chi connectivity index (χ0n) is 22.0. The summed E-state index contributed by atoms with van der Waals surface area (Å²) in [6, 6.07) is 34.5. The Bertz CT molecular complexity index is 1350. The molecule has 0 bridgehead atoms. The predicted molar refractivity (Wildman–Crippen MR) is 152 cm³/mol. The second kappa shape index (κ2) is 10.6. The molecule has 0 radical (unpaired) electrons. The van der Waals surface area contributed by atoms with Crippen LogP contribution in [0.3, 0.4) is 0 Å². The molecular formula is C32H33N3O3. The van der Waals surface area contributed by atoms with Crippen molar-refractivity contribution in [2.75, 3.05) is 33.2 Å². The molecule has 5 rings (SSSR count). The normalized spacial score (nSPS) is 17.4. The van der Waals surface area contributed by atoms with Gasteiger partial charge in [-0.3, -0.25) is 4.99 Å². The van der Waals surface area contributed by atoms with Gasteiger partial charge < -0.3 is 25.3 Å². The third kappa shape index (κ3) is 4.83. The summed E-state index contributed by atoms with van der Waals surface area (Å²) in [6.45, 7) is 2.90. The van der Waals surface area contributed by atoms with Crippen LogP contribution < -0.4 is 20.5 Å². The molecule has 1 heterocycles. The lowest BCUT2D eigenvalue weighted by Crippen LogP contribution is -2.51. The second-order valence-electron chi connectivity index (χ2n) is 9.65. The number of nitrogens with zero attached hydrogens (tertiary/aromatic N) is 1. The van der Waals surface area contributed by atoms with Crippen LogP contribution in [-0.2, 0) is 15.8 Å². The number of nitrogens with two attached hydrogens (primary N) is 1. The van der Waals surface area contributed by atoms with E-state index in [0.29, 0.717) is 18.9 Å². The Morgan fingerprint density at radius 3 is 1.92 bits per heavy atom. The Morgan fingerprint density at radius 2 is 1.37 bits per heavy atom. The molecule has 0 unspecified atom stereocenters. The second-order valence-corrected chi connectivity index (χ2v) is 9.65. The lowest BCUT2D eigenvalue weighted by atomic mass is 9.76. The number of amidine groups is 1. The Labute approximate surface area is 224 Å². The van der Waals surface area contributed by atoms with Crippen molar-refractivity contribution in [2.45, 2.75) is 18.0 Å². The van der Waals surface area contributed by atoms with Crippen LogP contribution in [0.2, 0.25) is 0 Å². The molecule has 4 aromatic carbocycles. The smallest absolute Gasteiger partial charge is 0.125 e. The molecule has 38 heavy (non-hydrogen) atoms. The highest BCUT2D eigenvalue weighted by Crippen LogP contribution is 2.39. The summed E-state index contributed by atoms with van der Waals surface area (Å²) in [4.78, 5) is 5.23. The summed E-state index contributed by atoms with van der Waals surface area (Å²) in [6.07, 6.45) is 0. The van der Waals surface area contributed by atoms with E-state index < -0.39 is 11.1 Å². The van der Waals surface area contributed by atoms with Crippen LogP contribution in [0.25, 0.3) is 0 Å². The highest BCUT2D eigenvalue weighted by Gasteiger charge is 2.40. The largest absolute Gasteiger partial charge is 0.497 e. The summed E-state index contributed by atoms with van der Waals surface area (Å²) < 4.78 is 17.1. The van der Waals surface area contributed by atoms with Gasteiger partial charge in [-0.15, -0.1) is 0 Å². The van der Waals surface area contributed by atoms with Gasteiger partial charge in [0.2, 0.25) is 0 Å². The highest BCUT2D eigenvalue weighted by atomic mass is 16.5. The first-order valence-corrected chi connectivity index (χ1v) is 12.6. The van der Waals surface area contributed by atoms with Crippen molar-refractivity contribution >= 4 is 11.5 Å². The lowest BCUT2D eigenvalue weighted by molar-refractivity contribution is 0.103. The van der Waals surface area contributed by atoms with Crippen molar-refractivity contribution in [3.05, 3.63) is 125 Å². The summed E-state index contributed by atoms with van der Waals surface area (Å²) in [5, 5.41) is 3.84. The van der Waals surface area contributed by atoms with Gasteiger partial charge in [-0.1, -0.05) is 66.7 Å². The van der Waals surface area contributed by atoms with Crippen LogP contribution in [0.5, 0.6) is 11.5 Å². The standard InChI is InChI=1S/C32H33N3O3/c1-31(26-10-7-11-27(33)20-26)22-38-21-30(34-31)35-32(23-8-5-4-6-9-23,24-12-16-28(36-2)17-13-24)25-14-18-29(37-3)19-15-25/h4-20H,21-22,33H2,1-3H3,(H,34,35)/t31-/m1/s1. The molecule has 6 nitrogen and oxygen atoms in total. The van der Waals surface area contributed by atoms with E-state index in [2.05, 4.69) is 60.8 Å². The molecular weight excluding hydrogens is 474 g/mol. The van der Waals surface area contributed by atoms with E-state index in [1.54, 1.807) is 14.2 Å². The number of methoxy groups -OCH3 is 2. The van der Waals surface area contributed by atoms with Crippen molar-refractivity contribution in [3.8, 4) is 11.5 Å². The van der Waals surface area contributed by atoms with Gasteiger partial charge in [0.1, 0.15) is 35.0 Å². The van der Waals surface area contributed by atoms with Gasteiger partial charge in [0.05, 0.1) is 20.8 Å². The first kappa shape index (κ1) is 25.4. The SMILES string of the molecule is COc1ccc(C(NC2=N[C@@](C)(c3cccc(N)c3)COC2)(c2ccccc2)c2ccc(OC)cc2)cc1. The van der Waals surface area contributed by atoms with Crippen LogP contribution in [0, 0.1) is 0 Å². The number of rotatable bonds is 7. The number of ether oxygens (including phenoxy) is 3. The Morgan fingerprint density at radius 1 is 0.789 bits per heavy atom. The van der Waals surface area contributed by atoms with Crippen LogP contribution in [0.4, 0.5) is 5.69 Å². The van der Waals surface area contributed by atoms with Gasteiger partial charge in [-0.25, -0.2) is 0 Å². The molecule has 4 aromatic rings. The van der Waals surface area contributed by atoms with E-state index >= 15 is 0 Å². The Balaban J connectivity index is 1.70. The fraction of sp³-hybridized carbons (Fsp3) is 0.219. The van der Waals surface area contributed by atoms with Crippen LogP contribution in [0.15, 0.2) is 108 Å². The molecule has 0 fully saturated rings. The van der Waals surface area contributed by atoms with Crippen molar-refractivity contribution < 1.29 is 14.2 Å². The van der Waals surface area contributed by atoms with Crippen LogP contribution in [0.1, 0.15) is 29.2 Å². The molecule has 0 spiro atoms. The van der Waals surface area contributed by atoms with Crippen molar-refractivity contribution in [2.24, 2.45) is 4.99 Å². The maximum absolute atomic E-state index is 6.14. The van der Waals surface area contributed by atoms with Gasteiger partial charge in [-0.2, -0.15) is 0 Å². The average Bonchev–Trinajstić information content (AvgIpc) is 2.97. The van der Waals surface area contributed by atoms with E-state index in [0.717, 1.165) is 39.6 Å². The molecule has 6 heteroatoms. The maximum atomic E-state index is 6.14. The number of hydrogen-bond acceptors (Lipinski definition) is 6. The Hall–Kier alpha value is -4.29. The minimum Gasteiger partial charge on any atom is -0.497 e. The third-order valence-corrected chi connectivity index (χ3v) is 7.10. The summed E-state index contributed by atoms with van der Waals surface area (Å²) in [7, 11) is 3.35. The molecule has 0 saturated carbocycles. The molecule has 0 aromatic heterocycles. The lowest BCUT2D eigenvalue weighted by Gasteiger charge is -2.40. The number of aliphatic imine (C=N–C) groups is 1. The van der Waals surface area contributed by atoms with E-state index in [9.17, 15) is 0 Å². The van der Waals surface area contributed by atoms with E-state index in [1.807, 2.05) is 54.6 Å². The predicted octanol–water partition coefficient (Wildman–Crippen LogP) is 5.51. The zero-order valence-corrected chi connectivity index (χ0v) is 22.0. The molecule has 0 amide bonds. The fourth-order valence-corrected chi connectivity index (χ4v) is 5.10. The van der Waals surface area contributed by atoms with Crippen LogP contribution in [-0.4, -0.2) is 33.3 Å². The first-order valence-electron chi connectivity index (χ1n) is 12.6. The maximum Gasteiger partial charge on any atom is 0.125 e. The van der Waals surface area contributed by atoms with Gasteiger partial charge in [-0.05, 0) is 65.6 Å². The summed E-state index contributed by atoms with van der Waals surface area (Å²) in [5.74, 6) is 2.33. The van der Waals surface area contributed by atoms with Crippen LogP contribution >= 0.6 is 0 Å². The molecule has 1 aliphatic rings. The van der Waals surface area contributed by atoms with Gasteiger partial charge in [0.15, 0.2) is 0 Å². The Kier molecular flexibility index (Phi) is 7.07. The number of hydrogen-bond donors (Lipinski definition) is 2. The van der Waals surface area contributed by atoms with Gasteiger partial charge in [0, 0.05) is 5.69 Å². The average molecular weight is 508 g/mol. The minimum absolute atomic E-state index is 0.360. The highest BCUT2D eigenvalue weighted by molar-refractivity contribution is 5.87. The molecule has 0 saturated heterocycles. The molecule has 1 aliphatic heterocycles. The summed E-state index contributed by atoms with van der Waals surface area (Å²) in [5.41, 5.74) is 9.61. The minimum atomic E-state index is -0.768. The molecule has 1 atom stereocenters. The van der Waals surface area contributed by atoms with Gasteiger partial charge in [0.25, 0.3) is 0 Å². The quantitative estimate of drug-likeness (QED) is 0.255. The number of nitrogens with one attached hydrogen (secondary N) is 1. The van der Waals surface area contributed by atoms with E-state index in [-0.39, 0.29) is 0 Å². The topological polar surface area (TPSA) is 78.1 Å². The van der Waals surface area contributed by atoms with Crippen molar-refractivity contribution in [1.29, 1.82) is 0 Å².